The summed E-state index contributed by atoms with van der Waals surface area (Å²) in [5, 5.41) is 18.2. The van der Waals surface area contributed by atoms with Crippen molar-refractivity contribution in [1.82, 2.24) is 14.7 Å². The Morgan fingerprint density at radius 3 is 2.66 bits per heavy atom. The van der Waals surface area contributed by atoms with Gasteiger partial charge in [-0.05, 0) is 63.1 Å². The van der Waals surface area contributed by atoms with E-state index in [1.807, 2.05) is 31.2 Å². The molecule has 2 amide bonds. The van der Waals surface area contributed by atoms with E-state index in [0.717, 1.165) is 11.4 Å². The fraction of sp³-hybridized carbons (Fsp3) is 0.261. The Bertz CT molecular complexity index is 1200. The van der Waals surface area contributed by atoms with E-state index in [4.69, 9.17) is 0 Å². The molecule has 0 radical (unpaired) electrons. The molecule has 2 heterocycles. The van der Waals surface area contributed by atoms with Gasteiger partial charge in [-0.1, -0.05) is 6.07 Å². The number of carbonyl (C=O) groups excluding carboxylic acids is 2. The molecule has 1 unspecified atom stereocenters. The van der Waals surface area contributed by atoms with Crippen molar-refractivity contribution in [3.63, 3.8) is 0 Å². The van der Waals surface area contributed by atoms with Gasteiger partial charge in [-0.2, -0.15) is 5.10 Å². The maximum Gasteiger partial charge on any atom is 0.272 e. The van der Waals surface area contributed by atoms with Gasteiger partial charge in [-0.15, -0.1) is 0 Å². The van der Waals surface area contributed by atoms with Gasteiger partial charge in [-0.3, -0.25) is 19.7 Å². The van der Waals surface area contributed by atoms with Gasteiger partial charge < -0.3 is 10.2 Å². The Labute approximate surface area is 184 Å². The van der Waals surface area contributed by atoms with Crippen LogP contribution in [0.15, 0.2) is 54.7 Å². The van der Waals surface area contributed by atoms with Crippen molar-refractivity contribution in [2.75, 3.05) is 11.9 Å². The molecule has 1 saturated heterocycles. The third-order valence-electron chi connectivity index (χ3n) is 5.65. The van der Waals surface area contributed by atoms with Gasteiger partial charge in [0.15, 0.2) is 0 Å². The van der Waals surface area contributed by atoms with Crippen LogP contribution in [0.1, 0.15) is 34.5 Å². The average molecular weight is 433 g/mol. The Hall–Kier alpha value is -4.01. The molecular formula is C23H23N5O4. The van der Waals surface area contributed by atoms with E-state index in [1.54, 1.807) is 23.9 Å². The highest BCUT2D eigenvalue weighted by molar-refractivity contribution is 6.01. The van der Waals surface area contributed by atoms with Crippen LogP contribution in [0, 0.1) is 24.0 Å². The van der Waals surface area contributed by atoms with Crippen molar-refractivity contribution in [1.29, 1.82) is 0 Å². The standard InChI is InChI=1S/C23H23N5O4/c1-15-13-17(8-9-20(15)28(31)32)23(30)26-12-4-7-21(26)22(29)25-18-5-3-6-19(14-18)27-16(2)10-11-24-27/h3,5-6,8-11,13-14,21H,4,7,12H2,1-2H3,(H,25,29). The molecular weight excluding hydrogens is 410 g/mol. The highest BCUT2D eigenvalue weighted by Gasteiger charge is 2.35. The first kappa shape index (κ1) is 21.2. The lowest BCUT2D eigenvalue weighted by molar-refractivity contribution is -0.385. The van der Waals surface area contributed by atoms with Crippen molar-refractivity contribution in [2.45, 2.75) is 32.7 Å². The van der Waals surface area contributed by atoms with Crippen LogP contribution >= 0.6 is 0 Å². The Morgan fingerprint density at radius 1 is 1.16 bits per heavy atom. The smallest absolute Gasteiger partial charge is 0.272 e. The number of aryl methyl sites for hydroxylation is 2. The molecule has 0 aliphatic carbocycles. The number of carbonyl (C=O) groups is 2. The fourth-order valence-corrected chi connectivity index (χ4v) is 4.02. The van der Waals surface area contributed by atoms with E-state index < -0.39 is 11.0 Å². The summed E-state index contributed by atoms with van der Waals surface area (Å²) in [5.74, 6) is -0.564. The lowest BCUT2D eigenvalue weighted by Gasteiger charge is -2.24. The summed E-state index contributed by atoms with van der Waals surface area (Å²) in [5.41, 5.74) is 3.12. The minimum Gasteiger partial charge on any atom is -0.327 e. The molecule has 4 rings (SSSR count). The molecule has 1 atom stereocenters. The predicted molar refractivity (Wildman–Crippen MR) is 119 cm³/mol. The number of nitrogens with one attached hydrogen (secondary N) is 1. The maximum absolute atomic E-state index is 13.1. The number of nitrogens with zero attached hydrogens (tertiary/aromatic N) is 4. The van der Waals surface area contributed by atoms with E-state index in [-0.39, 0.29) is 17.5 Å². The average Bonchev–Trinajstić information content (AvgIpc) is 3.42. The molecule has 0 bridgehead atoms. The number of aromatic nitrogens is 2. The lowest BCUT2D eigenvalue weighted by Crippen LogP contribution is -2.43. The van der Waals surface area contributed by atoms with Gasteiger partial charge in [0.25, 0.3) is 11.6 Å². The third kappa shape index (κ3) is 4.09. The summed E-state index contributed by atoms with van der Waals surface area (Å²) in [6.45, 7) is 4.00. The van der Waals surface area contributed by atoms with Crippen molar-refractivity contribution in [3.8, 4) is 5.69 Å². The van der Waals surface area contributed by atoms with Crippen LogP contribution in [0.2, 0.25) is 0 Å². The summed E-state index contributed by atoms with van der Waals surface area (Å²) in [6, 6.07) is 12.9. The van der Waals surface area contributed by atoms with Crippen LogP contribution < -0.4 is 5.32 Å². The number of amides is 2. The van der Waals surface area contributed by atoms with Crippen LogP contribution in [0.3, 0.4) is 0 Å². The molecule has 0 spiro atoms. The van der Waals surface area contributed by atoms with Crippen molar-refractivity contribution < 1.29 is 14.5 Å². The molecule has 1 aromatic heterocycles. The van der Waals surface area contributed by atoms with Gasteiger partial charge in [0, 0.05) is 41.3 Å². The van der Waals surface area contributed by atoms with Gasteiger partial charge in [-0.25, -0.2) is 4.68 Å². The molecule has 1 aliphatic heterocycles. The molecule has 164 valence electrons. The minimum atomic E-state index is -0.604. The molecule has 9 heteroatoms. The first-order chi connectivity index (χ1) is 15.3. The number of benzene rings is 2. The summed E-state index contributed by atoms with van der Waals surface area (Å²) in [4.78, 5) is 38.2. The monoisotopic (exact) mass is 433 g/mol. The summed E-state index contributed by atoms with van der Waals surface area (Å²) >= 11 is 0. The second-order valence-corrected chi connectivity index (χ2v) is 7.84. The van der Waals surface area contributed by atoms with Crippen LogP contribution in [0.5, 0.6) is 0 Å². The van der Waals surface area contributed by atoms with E-state index in [0.29, 0.717) is 36.2 Å². The molecule has 0 saturated carbocycles. The Morgan fingerprint density at radius 2 is 1.97 bits per heavy atom. The molecule has 3 aromatic rings. The molecule has 32 heavy (non-hydrogen) atoms. The van der Waals surface area contributed by atoms with E-state index >= 15 is 0 Å². The molecule has 1 aliphatic rings. The third-order valence-corrected chi connectivity index (χ3v) is 5.65. The summed E-state index contributed by atoms with van der Waals surface area (Å²) < 4.78 is 1.78. The number of nitro groups is 1. The zero-order valence-corrected chi connectivity index (χ0v) is 17.8. The topological polar surface area (TPSA) is 110 Å². The lowest BCUT2D eigenvalue weighted by atomic mass is 10.1. The number of likely N-dealkylation sites (tertiary alicyclic amines) is 1. The Balaban J connectivity index is 1.51. The van der Waals surface area contributed by atoms with Crippen LogP contribution in [0.25, 0.3) is 5.69 Å². The second-order valence-electron chi connectivity index (χ2n) is 7.84. The zero-order chi connectivity index (χ0) is 22.8. The first-order valence-corrected chi connectivity index (χ1v) is 10.3. The number of hydrogen-bond donors (Lipinski definition) is 1. The maximum atomic E-state index is 13.1. The van der Waals surface area contributed by atoms with E-state index in [9.17, 15) is 19.7 Å². The van der Waals surface area contributed by atoms with E-state index in [2.05, 4.69) is 10.4 Å². The molecule has 9 nitrogen and oxygen atoms in total. The minimum absolute atomic E-state index is 0.0374. The highest BCUT2D eigenvalue weighted by atomic mass is 16.6. The van der Waals surface area contributed by atoms with E-state index in [1.165, 1.54) is 23.1 Å². The van der Waals surface area contributed by atoms with Gasteiger partial charge in [0.05, 0.1) is 10.6 Å². The largest absolute Gasteiger partial charge is 0.327 e. The summed E-state index contributed by atoms with van der Waals surface area (Å²) in [6.07, 6.45) is 2.98. The second kappa shape index (κ2) is 8.62. The predicted octanol–water partition coefficient (Wildman–Crippen LogP) is 3.64. The van der Waals surface area contributed by atoms with Crippen molar-refractivity contribution >= 4 is 23.2 Å². The molecule has 1 fully saturated rings. The molecule has 1 N–H and O–H groups in total. The highest BCUT2D eigenvalue weighted by Crippen LogP contribution is 2.25. The number of anilines is 1. The van der Waals surface area contributed by atoms with Crippen molar-refractivity contribution in [3.05, 3.63) is 81.7 Å². The van der Waals surface area contributed by atoms with Crippen LogP contribution in [-0.2, 0) is 4.79 Å². The number of nitro benzene ring substituents is 1. The number of hydrogen-bond acceptors (Lipinski definition) is 5. The van der Waals surface area contributed by atoms with Gasteiger partial charge in [0.2, 0.25) is 5.91 Å². The number of rotatable bonds is 5. The van der Waals surface area contributed by atoms with Gasteiger partial charge >= 0.3 is 0 Å². The van der Waals surface area contributed by atoms with Crippen LogP contribution in [-0.4, -0.2) is 44.0 Å². The summed E-state index contributed by atoms with van der Waals surface area (Å²) in [7, 11) is 0. The first-order valence-electron chi connectivity index (χ1n) is 10.3. The van der Waals surface area contributed by atoms with Crippen LogP contribution in [0.4, 0.5) is 11.4 Å². The normalized spacial score (nSPS) is 15.6. The fourth-order valence-electron chi connectivity index (χ4n) is 4.02. The SMILES string of the molecule is Cc1cc(C(=O)N2CCCC2C(=O)Nc2cccc(-n3nccc3C)c2)ccc1[N+](=O)[O-]. The quantitative estimate of drug-likeness (QED) is 0.488. The zero-order valence-electron chi connectivity index (χ0n) is 17.8. The van der Waals surface area contributed by atoms with Gasteiger partial charge in [0.1, 0.15) is 6.04 Å². The molecule has 2 aromatic carbocycles. The Kier molecular flexibility index (Phi) is 5.72. The van der Waals surface area contributed by atoms with Crippen molar-refractivity contribution in [2.24, 2.45) is 0 Å².